The lowest BCUT2D eigenvalue weighted by Crippen LogP contribution is -2.35. The molecular weight excluding hydrogens is 742 g/mol. The summed E-state index contributed by atoms with van der Waals surface area (Å²) < 4.78 is 16.1. The normalized spacial score (nSPS) is 13.7. The number of esters is 1. The number of carbonyl (C=O) groups excluding carboxylic acids is 3. The number of carbonyl (C=O) groups is 3. The van der Waals surface area contributed by atoms with Gasteiger partial charge >= 0.3 is 12.1 Å². The zero-order valence-electron chi connectivity index (χ0n) is 24.0. The van der Waals surface area contributed by atoms with Gasteiger partial charge < -0.3 is 29.0 Å². The maximum absolute atomic E-state index is 13.6. The number of hydrogen-bond acceptors (Lipinski definition) is 8. The van der Waals surface area contributed by atoms with E-state index >= 15 is 0 Å². The van der Waals surface area contributed by atoms with Gasteiger partial charge in [0.1, 0.15) is 5.75 Å². The van der Waals surface area contributed by atoms with Crippen molar-refractivity contribution in [1.82, 2.24) is 9.99 Å². The number of methoxy groups -OCH3 is 2. The van der Waals surface area contributed by atoms with E-state index < -0.39 is 12.1 Å². The Labute approximate surface area is 273 Å². The van der Waals surface area contributed by atoms with Gasteiger partial charge in [-0.1, -0.05) is 22.0 Å². The third kappa shape index (κ3) is 6.61. The van der Waals surface area contributed by atoms with E-state index in [2.05, 4.69) is 20.9 Å². The average molecular weight is 776 g/mol. The lowest BCUT2D eigenvalue weighted by molar-refractivity contribution is -0.114. The molecule has 0 unspecified atom stereocenters. The van der Waals surface area contributed by atoms with E-state index in [9.17, 15) is 14.4 Å². The van der Waals surface area contributed by atoms with Crippen molar-refractivity contribution in [3.05, 3.63) is 52.7 Å². The summed E-state index contributed by atoms with van der Waals surface area (Å²) in [4.78, 5) is 45.6. The van der Waals surface area contributed by atoms with Gasteiger partial charge in [0.05, 0.1) is 36.7 Å². The number of aromatic amines is 1. The zero-order chi connectivity index (χ0) is 29.3. The van der Waals surface area contributed by atoms with Crippen molar-refractivity contribution in [1.29, 1.82) is 0 Å². The summed E-state index contributed by atoms with van der Waals surface area (Å²) in [7, 11) is 8.10. The molecule has 2 heterocycles. The molecule has 42 heavy (non-hydrogen) atoms. The Morgan fingerprint density at radius 3 is 2.40 bits per heavy atom. The molecule has 2 aromatic carbocycles. The van der Waals surface area contributed by atoms with Crippen LogP contribution in [0.25, 0.3) is 17.0 Å². The van der Waals surface area contributed by atoms with Crippen molar-refractivity contribution in [3.8, 4) is 11.5 Å². The van der Waals surface area contributed by atoms with Crippen molar-refractivity contribution in [2.45, 2.75) is 12.8 Å². The van der Waals surface area contributed by atoms with Crippen LogP contribution < -0.4 is 25.1 Å². The van der Waals surface area contributed by atoms with E-state index in [1.807, 2.05) is 37.2 Å². The zero-order valence-corrected chi connectivity index (χ0v) is 29.0. The fourth-order valence-corrected chi connectivity index (χ4v) is 5.41. The lowest BCUT2D eigenvalue weighted by Gasteiger charge is -2.18. The molecule has 1 atom stereocenters. The van der Waals surface area contributed by atoms with E-state index in [0.717, 1.165) is 27.6 Å². The maximum Gasteiger partial charge on any atom is 0.429 e. The minimum Gasteiger partial charge on any atom is -0.495 e. The molecule has 1 aromatic heterocycles. The molecule has 0 aliphatic carbocycles. The highest BCUT2D eigenvalue weighted by Crippen LogP contribution is 2.47. The van der Waals surface area contributed by atoms with Crippen LogP contribution in [-0.4, -0.2) is 75.2 Å². The summed E-state index contributed by atoms with van der Waals surface area (Å²) >= 11 is 3.58. The minimum absolute atomic E-state index is 0. The van der Waals surface area contributed by atoms with Crippen LogP contribution in [0.1, 0.15) is 33.1 Å². The van der Waals surface area contributed by atoms with Crippen LogP contribution >= 0.6 is 49.9 Å². The van der Waals surface area contributed by atoms with Gasteiger partial charge in [0.2, 0.25) is 0 Å². The number of nitrogens with two attached hydrogens (primary N) is 1. The van der Waals surface area contributed by atoms with E-state index in [0.29, 0.717) is 39.7 Å². The molecule has 0 saturated carbocycles. The Morgan fingerprint density at radius 2 is 1.83 bits per heavy atom. The van der Waals surface area contributed by atoms with Gasteiger partial charge in [0, 0.05) is 62.2 Å². The predicted octanol–water partition coefficient (Wildman–Crippen LogP) is 5.34. The number of halogens is 3. The molecule has 4 rings (SSSR count). The van der Waals surface area contributed by atoms with Gasteiger partial charge in [-0.15, -0.1) is 34.0 Å². The van der Waals surface area contributed by atoms with E-state index in [1.165, 1.54) is 20.2 Å². The van der Waals surface area contributed by atoms with Crippen molar-refractivity contribution in [3.63, 3.8) is 0 Å². The number of hydrazine groups is 1. The van der Waals surface area contributed by atoms with Gasteiger partial charge in [0.25, 0.3) is 5.91 Å². The van der Waals surface area contributed by atoms with Gasteiger partial charge in [-0.3, -0.25) is 4.79 Å². The number of nitrogens with zero attached hydrogens (tertiary/aromatic N) is 3. The van der Waals surface area contributed by atoms with Crippen molar-refractivity contribution in [2.24, 2.45) is 5.84 Å². The van der Waals surface area contributed by atoms with Gasteiger partial charge in [0.15, 0.2) is 5.75 Å². The van der Waals surface area contributed by atoms with Crippen LogP contribution in [0.15, 0.2) is 30.3 Å². The van der Waals surface area contributed by atoms with Crippen molar-refractivity contribution in [2.75, 3.05) is 57.0 Å². The molecule has 3 aromatic rings. The Kier molecular flexibility index (Phi) is 12.0. The molecule has 0 bridgehead atoms. The highest BCUT2D eigenvalue weighted by atomic mass is 79.9. The quantitative estimate of drug-likeness (QED) is 0.0823. The molecule has 0 spiro atoms. The van der Waals surface area contributed by atoms with Crippen LogP contribution in [0.4, 0.5) is 16.2 Å². The number of rotatable bonds is 7. The van der Waals surface area contributed by atoms with E-state index in [1.54, 1.807) is 31.1 Å². The molecule has 14 heteroatoms. The molecule has 1 aliphatic heterocycles. The summed E-state index contributed by atoms with van der Waals surface area (Å²) in [6.07, 6.45) is 2.42. The van der Waals surface area contributed by atoms with Crippen LogP contribution in [0.2, 0.25) is 0 Å². The summed E-state index contributed by atoms with van der Waals surface area (Å²) in [5.74, 6) is 5.49. The molecule has 0 radical (unpaired) electrons. The first-order valence-corrected chi connectivity index (χ1v) is 13.5. The second-order valence-corrected chi connectivity index (χ2v) is 10.3. The van der Waals surface area contributed by atoms with Gasteiger partial charge in [-0.05, 0) is 36.3 Å². The van der Waals surface area contributed by atoms with Gasteiger partial charge in [-0.25, -0.2) is 20.4 Å². The number of amides is 2. The number of nitrogens with one attached hydrogen (secondary N) is 1. The highest BCUT2D eigenvalue weighted by Gasteiger charge is 2.37. The maximum atomic E-state index is 13.6. The van der Waals surface area contributed by atoms with Crippen molar-refractivity contribution >= 4 is 96.2 Å². The predicted molar refractivity (Wildman–Crippen MR) is 178 cm³/mol. The highest BCUT2D eigenvalue weighted by molar-refractivity contribution is 9.09. The standard InChI is InChI=1S/C28H32BrN5O6.2BrH/c1-15-23(27(36)39-6)25-24-17(13-29)14-34(19(24)12-21(26(25)31-15)40-28(37)33(4)30)22(35)10-8-16-7-9-20(38-5)18(11-16)32(2)3;;/h7-12,17,31H,13-14,30H2,1-6H3;2*1H/b10-8+;;/t17-;;/m1../s1. The SMILES string of the molecule is Br.Br.COC(=O)c1c(C)[nH]c2c(OC(=O)N(C)N)cc3c(c12)[C@H](CBr)CN3C(=O)/C=C/c1ccc(OC)c(N(C)C)c1. The Bertz CT molecular complexity index is 1520. The molecule has 11 nitrogen and oxygen atoms in total. The number of fused-ring (bicyclic) bond motifs is 3. The topological polar surface area (TPSA) is 130 Å². The number of aromatic nitrogens is 1. The number of H-pyrrole nitrogens is 1. The molecule has 0 fully saturated rings. The number of benzene rings is 2. The Morgan fingerprint density at radius 1 is 1.14 bits per heavy atom. The lowest BCUT2D eigenvalue weighted by atomic mass is 9.95. The second-order valence-electron chi connectivity index (χ2n) is 9.61. The van der Waals surface area contributed by atoms with Crippen LogP contribution in [0, 0.1) is 6.92 Å². The third-order valence-electron chi connectivity index (χ3n) is 6.78. The monoisotopic (exact) mass is 773 g/mol. The van der Waals surface area contributed by atoms with Gasteiger partial charge in [-0.2, -0.15) is 0 Å². The minimum atomic E-state index is -0.808. The Balaban J connectivity index is 0.00000308. The summed E-state index contributed by atoms with van der Waals surface area (Å²) in [6, 6.07) is 7.27. The number of aryl methyl sites for hydroxylation is 1. The summed E-state index contributed by atoms with van der Waals surface area (Å²) in [5, 5.41) is 1.88. The van der Waals surface area contributed by atoms with Crippen LogP contribution in [0.5, 0.6) is 11.5 Å². The molecule has 3 N–H and O–H groups in total. The van der Waals surface area contributed by atoms with Crippen LogP contribution in [0.3, 0.4) is 0 Å². The van der Waals surface area contributed by atoms with E-state index in [-0.39, 0.29) is 51.5 Å². The first kappa shape index (κ1) is 35.1. The molecule has 0 saturated heterocycles. The molecule has 1 aliphatic rings. The first-order chi connectivity index (χ1) is 19.0. The molecular formula is C28H34Br3N5O6. The Hall–Kier alpha value is -3.07. The third-order valence-corrected chi connectivity index (χ3v) is 7.56. The second kappa shape index (κ2) is 14.4. The van der Waals surface area contributed by atoms with Crippen molar-refractivity contribution < 1.29 is 28.6 Å². The summed E-state index contributed by atoms with van der Waals surface area (Å²) in [5.41, 5.74) is 4.30. The average Bonchev–Trinajstić information content (AvgIpc) is 3.48. The van der Waals surface area contributed by atoms with E-state index in [4.69, 9.17) is 20.1 Å². The largest absolute Gasteiger partial charge is 0.495 e. The molecule has 228 valence electrons. The number of hydrogen-bond donors (Lipinski definition) is 2. The summed E-state index contributed by atoms with van der Waals surface area (Å²) in [6.45, 7) is 2.09. The number of anilines is 2. The fourth-order valence-electron chi connectivity index (χ4n) is 4.88. The molecule has 2 amide bonds. The number of alkyl halides is 1. The smallest absolute Gasteiger partial charge is 0.429 e. The number of ether oxygens (including phenoxy) is 3. The fraction of sp³-hybridized carbons (Fsp3) is 0.321. The first-order valence-electron chi connectivity index (χ1n) is 12.4. The van der Waals surface area contributed by atoms with Crippen LogP contribution in [-0.2, 0) is 9.53 Å².